The lowest BCUT2D eigenvalue weighted by Gasteiger charge is -2.08. The van der Waals surface area contributed by atoms with Crippen LogP contribution in [0.1, 0.15) is 19.3 Å². The van der Waals surface area contributed by atoms with Gasteiger partial charge < -0.3 is 15.2 Å². The van der Waals surface area contributed by atoms with Crippen molar-refractivity contribution in [2.45, 2.75) is 24.2 Å². The number of unbranched alkanes of at least 4 members (excludes halogenated alkanes) is 1. The third kappa shape index (κ3) is 3.82. The second-order valence-electron chi connectivity index (χ2n) is 4.00. The molecule has 4 heteroatoms. The molecule has 1 aromatic rings. The number of ether oxygens (including phenoxy) is 2. The van der Waals surface area contributed by atoms with Gasteiger partial charge in [-0.15, -0.1) is 11.8 Å². The van der Waals surface area contributed by atoms with Crippen LogP contribution in [0.3, 0.4) is 0 Å². The van der Waals surface area contributed by atoms with Crippen molar-refractivity contribution in [3.63, 3.8) is 0 Å². The molecule has 0 spiro atoms. The standard InChI is InChI=1S/C13H19NO2S/c14-6-1-2-9-17-11-4-5-12-13(10-11)16-8-3-7-15-12/h4-5,10H,1-3,6-9,14H2. The van der Waals surface area contributed by atoms with Crippen molar-refractivity contribution in [3.8, 4) is 11.5 Å². The van der Waals surface area contributed by atoms with Gasteiger partial charge in [0.25, 0.3) is 0 Å². The quantitative estimate of drug-likeness (QED) is 0.647. The Morgan fingerprint density at radius 2 is 1.94 bits per heavy atom. The molecule has 1 aliphatic rings. The van der Waals surface area contributed by atoms with Crippen molar-refractivity contribution in [2.75, 3.05) is 25.5 Å². The van der Waals surface area contributed by atoms with Gasteiger partial charge in [0.15, 0.2) is 11.5 Å². The Hall–Kier alpha value is -0.870. The molecular weight excluding hydrogens is 234 g/mol. The van der Waals surface area contributed by atoms with Crippen molar-refractivity contribution in [3.05, 3.63) is 18.2 Å². The predicted octanol–water partition coefficient (Wildman–Crippen LogP) is 2.68. The number of hydrogen-bond acceptors (Lipinski definition) is 4. The van der Waals surface area contributed by atoms with Crippen molar-refractivity contribution in [1.29, 1.82) is 0 Å². The van der Waals surface area contributed by atoms with Crippen LogP contribution in [0, 0.1) is 0 Å². The molecule has 94 valence electrons. The molecule has 0 aromatic heterocycles. The number of hydrogen-bond donors (Lipinski definition) is 1. The number of rotatable bonds is 5. The van der Waals surface area contributed by atoms with Gasteiger partial charge in [0.1, 0.15) is 0 Å². The first-order valence-corrected chi connectivity index (χ1v) is 7.11. The summed E-state index contributed by atoms with van der Waals surface area (Å²) < 4.78 is 11.3. The van der Waals surface area contributed by atoms with E-state index >= 15 is 0 Å². The average molecular weight is 253 g/mol. The fraction of sp³-hybridized carbons (Fsp3) is 0.538. The molecule has 0 radical (unpaired) electrons. The van der Waals surface area contributed by atoms with Crippen molar-refractivity contribution >= 4 is 11.8 Å². The second kappa shape index (κ2) is 6.77. The van der Waals surface area contributed by atoms with Crippen LogP contribution in [0.15, 0.2) is 23.1 Å². The fourth-order valence-corrected chi connectivity index (χ4v) is 2.61. The highest BCUT2D eigenvalue weighted by atomic mass is 32.2. The Morgan fingerprint density at radius 1 is 1.12 bits per heavy atom. The first-order valence-electron chi connectivity index (χ1n) is 6.12. The third-order valence-corrected chi connectivity index (χ3v) is 3.67. The summed E-state index contributed by atoms with van der Waals surface area (Å²) in [7, 11) is 0. The molecule has 0 bridgehead atoms. The van der Waals surface area contributed by atoms with Gasteiger partial charge in [0.05, 0.1) is 13.2 Å². The summed E-state index contributed by atoms with van der Waals surface area (Å²) in [6, 6.07) is 6.18. The van der Waals surface area contributed by atoms with Crippen LogP contribution in [0.4, 0.5) is 0 Å². The highest BCUT2D eigenvalue weighted by Gasteiger charge is 2.10. The fourth-order valence-electron chi connectivity index (χ4n) is 1.67. The number of benzene rings is 1. The van der Waals surface area contributed by atoms with Crippen LogP contribution in [-0.4, -0.2) is 25.5 Å². The maximum Gasteiger partial charge on any atom is 0.162 e. The minimum Gasteiger partial charge on any atom is -0.490 e. The van der Waals surface area contributed by atoms with Crippen LogP contribution >= 0.6 is 11.8 Å². The molecule has 0 fully saturated rings. The summed E-state index contributed by atoms with van der Waals surface area (Å²) in [6.07, 6.45) is 3.21. The van der Waals surface area contributed by atoms with Crippen molar-refractivity contribution in [1.82, 2.24) is 0 Å². The van der Waals surface area contributed by atoms with Gasteiger partial charge in [-0.1, -0.05) is 0 Å². The predicted molar refractivity (Wildman–Crippen MR) is 71.1 cm³/mol. The van der Waals surface area contributed by atoms with Crippen molar-refractivity contribution in [2.24, 2.45) is 5.73 Å². The molecule has 0 aliphatic carbocycles. The van der Waals surface area contributed by atoms with E-state index < -0.39 is 0 Å². The van der Waals surface area contributed by atoms with Gasteiger partial charge in [-0.3, -0.25) is 0 Å². The van der Waals surface area contributed by atoms with E-state index in [1.54, 1.807) is 0 Å². The summed E-state index contributed by atoms with van der Waals surface area (Å²) >= 11 is 1.85. The largest absolute Gasteiger partial charge is 0.490 e. The Kier molecular flexibility index (Phi) is 5.01. The summed E-state index contributed by atoms with van der Waals surface area (Å²) in [5.41, 5.74) is 5.47. The highest BCUT2D eigenvalue weighted by molar-refractivity contribution is 7.99. The Morgan fingerprint density at radius 3 is 2.76 bits per heavy atom. The van der Waals surface area contributed by atoms with Crippen LogP contribution in [0.5, 0.6) is 11.5 Å². The Bertz CT molecular complexity index is 357. The molecule has 1 aliphatic heterocycles. The highest BCUT2D eigenvalue weighted by Crippen LogP contribution is 2.34. The van der Waals surface area contributed by atoms with E-state index in [9.17, 15) is 0 Å². The van der Waals surface area contributed by atoms with Gasteiger partial charge in [-0.25, -0.2) is 0 Å². The zero-order chi connectivity index (χ0) is 11.9. The zero-order valence-corrected chi connectivity index (χ0v) is 10.8. The molecular formula is C13H19NO2S. The van der Waals surface area contributed by atoms with Gasteiger partial charge in [0.2, 0.25) is 0 Å². The van der Waals surface area contributed by atoms with Crippen LogP contribution in [0.25, 0.3) is 0 Å². The van der Waals surface area contributed by atoms with E-state index in [4.69, 9.17) is 15.2 Å². The van der Waals surface area contributed by atoms with Gasteiger partial charge >= 0.3 is 0 Å². The minimum atomic E-state index is 0.744. The van der Waals surface area contributed by atoms with Crippen LogP contribution < -0.4 is 15.2 Å². The smallest absolute Gasteiger partial charge is 0.162 e. The number of fused-ring (bicyclic) bond motifs is 1. The lowest BCUT2D eigenvalue weighted by atomic mass is 10.3. The molecule has 0 amide bonds. The topological polar surface area (TPSA) is 44.5 Å². The first-order chi connectivity index (χ1) is 8.40. The SMILES string of the molecule is NCCCCSc1ccc2c(c1)OCCCO2. The van der Waals surface area contributed by atoms with E-state index in [0.717, 1.165) is 56.3 Å². The lowest BCUT2D eigenvalue weighted by Crippen LogP contribution is -1.98. The molecule has 0 saturated heterocycles. The molecule has 17 heavy (non-hydrogen) atoms. The van der Waals surface area contributed by atoms with Gasteiger partial charge in [-0.2, -0.15) is 0 Å². The molecule has 1 heterocycles. The molecule has 3 nitrogen and oxygen atoms in total. The second-order valence-corrected chi connectivity index (χ2v) is 5.17. The molecule has 0 saturated carbocycles. The van der Waals surface area contributed by atoms with E-state index in [2.05, 4.69) is 12.1 Å². The van der Waals surface area contributed by atoms with E-state index in [-0.39, 0.29) is 0 Å². The summed E-state index contributed by atoms with van der Waals surface area (Å²) in [5.74, 6) is 2.86. The monoisotopic (exact) mass is 253 g/mol. The Balaban J connectivity index is 1.93. The molecule has 0 atom stereocenters. The van der Waals surface area contributed by atoms with Gasteiger partial charge in [-0.05, 0) is 43.3 Å². The maximum atomic E-state index is 5.66. The molecule has 0 unspecified atom stereocenters. The van der Waals surface area contributed by atoms with E-state index in [1.807, 2.05) is 17.8 Å². The first kappa shape index (κ1) is 12.6. The summed E-state index contributed by atoms with van der Waals surface area (Å²) in [5, 5.41) is 0. The molecule has 2 rings (SSSR count). The van der Waals surface area contributed by atoms with Crippen LogP contribution in [0.2, 0.25) is 0 Å². The molecule has 1 aromatic carbocycles. The molecule has 2 N–H and O–H groups in total. The summed E-state index contributed by atoms with van der Waals surface area (Å²) in [4.78, 5) is 1.24. The number of nitrogens with two attached hydrogens (primary N) is 1. The van der Waals surface area contributed by atoms with Crippen molar-refractivity contribution < 1.29 is 9.47 Å². The van der Waals surface area contributed by atoms with E-state index in [0.29, 0.717) is 0 Å². The third-order valence-electron chi connectivity index (χ3n) is 2.59. The maximum absolute atomic E-state index is 5.66. The number of thioether (sulfide) groups is 1. The van der Waals surface area contributed by atoms with Crippen LogP contribution in [-0.2, 0) is 0 Å². The lowest BCUT2D eigenvalue weighted by molar-refractivity contribution is 0.297. The zero-order valence-electron chi connectivity index (χ0n) is 9.98. The van der Waals surface area contributed by atoms with E-state index in [1.165, 1.54) is 4.90 Å². The minimum absolute atomic E-state index is 0.744. The normalized spacial score (nSPS) is 14.4. The Labute approximate surface area is 107 Å². The summed E-state index contributed by atoms with van der Waals surface area (Å²) in [6.45, 7) is 2.27. The van der Waals surface area contributed by atoms with Gasteiger partial charge in [0, 0.05) is 11.3 Å². The average Bonchev–Trinajstić information content (AvgIpc) is 2.59.